The second-order valence-corrected chi connectivity index (χ2v) is 5.35. The molecule has 0 aromatic heterocycles. The lowest BCUT2D eigenvalue weighted by atomic mass is 10.1. The Bertz CT molecular complexity index is 659. The van der Waals surface area contributed by atoms with Crippen LogP contribution < -0.4 is 15.4 Å². The van der Waals surface area contributed by atoms with Gasteiger partial charge in [0.05, 0.1) is 13.7 Å². The van der Waals surface area contributed by atoms with E-state index in [-0.39, 0.29) is 24.0 Å². The SMILES string of the molecule is CCNC(=NCc1cccc(C)c1)NCc1ccccc1OC.I. The summed E-state index contributed by atoms with van der Waals surface area (Å²) in [5.74, 6) is 1.69. The quantitative estimate of drug-likeness (QED) is 0.408. The molecule has 0 radical (unpaired) electrons. The average Bonchev–Trinajstić information content (AvgIpc) is 2.57. The van der Waals surface area contributed by atoms with Crippen molar-refractivity contribution in [1.29, 1.82) is 0 Å². The molecule has 0 heterocycles. The Balaban J connectivity index is 0.00000288. The smallest absolute Gasteiger partial charge is 0.191 e. The van der Waals surface area contributed by atoms with Crippen molar-refractivity contribution in [2.24, 2.45) is 4.99 Å². The molecule has 0 amide bonds. The van der Waals surface area contributed by atoms with Crippen LogP contribution in [0.2, 0.25) is 0 Å². The molecule has 2 N–H and O–H groups in total. The molecule has 0 fully saturated rings. The molecule has 0 aliphatic heterocycles. The predicted octanol–water partition coefficient (Wildman–Crippen LogP) is 3.88. The molecule has 2 aromatic carbocycles. The van der Waals surface area contributed by atoms with Crippen LogP contribution in [0.25, 0.3) is 0 Å². The van der Waals surface area contributed by atoms with Crippen LogP contribution in [-0.4, -0.2) is 19.6 Å². The Morgan fingerprint density at radius 3 is 2.58 bits per heavy atom. The number of hydrogen-bond donors (Lipinski definition) is 2. The molecule has 4 nitrogen and oxygen atoms in total. The van der Waals surface area contributed by atoms with Gasteiger partial charge in [0, 0.05) is 18.7 Å². The molecule has 0 saturated carbocycles. The Morgan fingerprint density at radius 2 is 1.88 bits per heavy atom. The molecule has 2 aromatic rings. The summed E-state index contributed by atoms with van der Waals surface area (Å²) in [6.07, 6.45) is 0. The summed E-state index contributed by atoms with van der Waals surface area (Å²) in [5.41, 5.74) is 3.57. The molecule has 5 heteroatoms. The van der Waals surface area contributed by atoms with Crippen molar-refractivity contribution >= 4 is 29.9 Å². The maximum absolute atomic E-state index is 5.38. The van der Waals surface area contributed by atoms with Gasteiger partial charge in [-0.2, -0.15) is 0 Å². The molecule has 0 saturated heterocycles. The van der Waals surface area contributed by atoms with Crippen LogP contribution in [0, 0.1) is 6.92 Å². The number of benzene rings is 2. The van der Waals surface area contributed by atoms with E-state index < -0.39 is 0 Å². The van der Waals surface area contributed by atoms with Crippen LogP contribution in [0.5, 0.6) is 5.75 Å². The number of para-hydroxylation sites is 1. The Kier molecular flexibility index (Phi) is 9.22. The number of aliphatic imine (C=N–C) groups is 1. The van der Waals surface area contributed by atoms with Crippen LogP contribution in [0.3, 0.4) is 0 Å². The van der Waals surface area contributed by atoms with Crippen molar-refractivity contribution in [3.63, 3.8) is 0 Å². The number of methoxy groups -OCH3 is 1. The second kappa shape index (κ2) is 10.9. The molecule has 0 bridgehead atoms. The average molecular weight is 439 g/mol. The molecule has 130 valence electrons. The van der Waals surface area contributed by atoms with Crippen molar-refractivity contribution < 1.29 is 4.74 Å². The zero-order valence-electron chi connectivity index (χ0n) is 14.5. The minimum absolute atomic E-state index is 0. The fourth-order valence-corrected chi connectivity index (χ4v) is 2.35. The molecular weight excluding hydrogens is 413 g/mol. The van der Waals surface area contributed by atoms with Gasteiger partial charge in [-0.15, -0.1) is 24.0 Å². The number of nitrogens with one attached hydrogen (secondary N) is 2. The Morgan fingerprint density at radius 1 is 1.08 bits per heavy atom. The molecule has 24 heavy (non-hydrogen) atoms. The molecule has 0 aliphatic rings. The fraction of sp³-hybridized carbons (Fsp3) is 0.316. The van der Waals surface area contributed by atoms with Gasteiger partial charge < -0.3 is 15.4 Å². The highest BCUT2D eigenvalue weighted by Gasteiger charge is 2.03. The number of nitrogens with zero attached hydrogens (tertiary/aromatic N) is 1. The molecular formula is C19H26IN3O. The summed E-state index contributed by atoms with van der Waals surface area (Å²) in [4.78, 5) is 4.65. The van der Waals surface area contributed by atoms with Gasteiger partial charge in [0.15, 0.2) is 5.96 Å². The van der Waals surface area contributed by atoms with Gasteiger partial charge in [0.1, 0.15) is 5.75 Å². The zero-order valence-corrected chi connectivity index (χ0v) is 16.8. The lowest BCUT2D eigenvalue weighted by Crippen LogP contribution is -2.36. The van der Waals surface area contributed by atoms with E-state index in [0.29, 0.717) is 13.1 Å². The van der Waals surface area contributed by atoms with Gasteiger partial charge in [0.25, 0.3) is 0 Å². The number of guanidine groups is 1. The highest BCUT2D eigenvalue weighted by molar-refractivity contribution is 14.0. The van der Waals surface area contributed by atoms with E-state index in [0.717, 1.165) is 23.8 Å². The minimum Gasteiger partial charge on any atom is -0.496 e. The summed E-state index contributed by atoms with van der Waals surface area (Å²) in [7, 11) is 1.69. The van der Waals surface area contributed by atoms with Gasteiger partial charge in [-0.1, -0.05) is 48.0 Å². The summed E-state index contributed by atoms with van der Waals surface area (Å²) in [5, 5.41) is 6.63. The van der Waals surface area contributed by atoms with Crippen molar-refractivity contribution in [2.75, 3.05) is 13.7 Å². The second-order valence-electron chi connectivity index (χ2n) is 5.35. The van der Waals surface area contributed by atoms with Crippen molar-refractivity contribution in [3.8, 4) is 5.75 Å². The van der Waals surface area contributed by atoms with Gasteiger partial charge in [-0.25, -0.2) is 4.99 Å². The first kappa shape index (κ1) is 20.3. The Hall–Kier alpha value is -1.76. The first-order chi connectivity index (χ1) is 11.2. The van der Waals surface area contributed by atoms with Crippen LogP contribution in [0.15, 0.2) is 53.5 Å². The first-order valence-electron chi connectivity index (χ1n) is 7.92. The topological polar surface area (TPSA) is 45.7 Å². The maximum Gasteiger partial charge on any atom is 0.191 e. The third kappa shape index (κ3) is 6.39. The van der Waals surface area contributed by atoms with Crippen LogP contribution in [-0.2, 0) is 13.1 Å². The summed E-state index contributed by atoms with van der Waals surface area (Å²) >= 11 is 0. The summed E-state index contributed by atoms with van der Waals surface area (Å²) in [6, 6.07) is 16.4. The summed E-state index contributed by atoms with van der Waals surface area (Å²) in [6.45, 7) is 6.31. The van der Waals surface area contributed by atoms with E-state index in [2.05, 4.69) is 59.8 Å². The number of hydrogen-bond acceptors (Lipinski definition) is 2. The van der Waals surface area contributed by atoms with Crippen LogP contribution in [0.4, 0.5) is 0 Å². The van der Waals surface area contributed by atoms with Crippen molar-refractivity contribution in [2.45, 2.75) is 26.9 Å². The van der Waals surface area contributed by atoms with E-state index >= 15 is 0 Å². The number of ether oxygens (including phenoxy) is 1. The largest absolute Gasteiger partial charge is 0.496 e. The summed E-state index contributed by atoms with van der Waals surface area (Å²) < 4.78 is 5.38. The lowest BCUT2D eigenvalue weighted by Gasteiger charge is -2.13. The molecule has 0 spiro atoms. The highest BCUT2D eigenvalue weighted by atomic mass is 127. The van der Waals surface area contributed by atoms with E-state index in [9.17, 15) is 0 Å². The van der Waals surface area contributed by atoms with E-state index in [1.807, 2.05) is 18.2 Å². The first-order valence-corrected chi connectivity index (χ1v) is 7.92. The lowest BCUT2D eigenvalue weighted by molar-refractivity contribution is 0.409. The minimum atomic E-state index is 0. The highest BCUT2D eigenvalue weighted by Crippen LogP contribution is 2.16. The number of aryl methyl sites for hydroxylation is 1. The normalized spacial score (nSPS) is 10.7. The van der Waals surface area contributed by atoms with Crippen LogP contribution in [0.1, 0.15) is 23.6 Å². The van der Waals surface area contributed by atoms with E-state index in [1.54, 1.807) is 7.11 Å². The molecule has 0 aliphatic carbocycles. The maximum atomic E-state index is 5.38. The van der Waals surface area contributed by atoms with E-state index in [4.69, 9.17) is 4.74 Å². The third-order valence-electron chi connectivity index (χ3n) is 3.49. The number of halogens is 1. The molecule has 0 atom stereocenters. The van der Waals surface area contributed by atoms with Crippen LogP contribution >= 0.6 is 24.0 Å². The third-order valence-corrected chi connectivity index (χ3v) is 3.49. The van der Waals surface area contributed by atoms with Gasteiger partial charge >= 0.3 is 0 Å². The Labute approximate surface area is 161 Å². The zero-order chi connectivity index (χ0) is 16.5. The van der Waals surface area contributed by atoms with Gasteiger partial charge in [-0.05, 0) is 25.5 Å². The number of rotatable bonds is 6. The fourth-order valence-electron chi connectivity index (χ4n) is 2.35. The monoisotopic (exact) mass is 439 g/mol. The molecule has 2 rings (SSSR count). The van der Waals surface area contributed by atoms with Gasteiger partial charge in [-0.3, -0.25) is 0 Å². The van der Waals surface area contributed by atoms with Crippen molar-refractivity contribution in [3.05, 3.63) is 65.2 Å². The van der Waals surface area contributed by atoms with E-state index in [1.165, 1.54) is 11.1 Å². The standard InChI is InChI=1S/C19H25N3O.HI/c1-4-20-19(21-13-16-9-7-8-15(2)12-16)22-14-17-10-5-6-11-18(17)23-3;/h5-12H,4,13-14H2,1-3H3,(H2,20,21,22);1H. The van der Waals surface area contributed by atoms with Gasteiger partial charge in [0.2, 0.25) is 0 Å². The van der Waals surface area contributed by atoms with Crippen molar-refractivity contribution in [1.82, 2.24) is 10.6 Å². The molecule has 0 unspecified atom stereocenters. The predicted molar refractivity (Wildman–Crippen MR) is 111 cm³/mol.